The number of hydrogen-bond acceptors (Lipinski definition) is 4. The summed E-state index contributed by atoms with van der Waals surface area (Å²) in [5.41, 5.74) is 0. The smallest absolute Gasteiger partial charge is 0.225 e. The van der Waals surface area contributed by atoms with Crippen LogP contribution in [0.4, 0.5) is 0 Å². The van der Waals surface area contributed by atoms with Gasteiger partial charge in [-0.3, -0.25) is 9.78 Å². The summed E-state index contributed by atoms with van der Waals surface area (Å²) in [4.78, 5) is 26.3. The van der Waals surface area contributed by atoms with Crippen molar-refractivity contribution in [3.05, 3.63) is 12.5 Å². The highest BCUT2D eigenvalue weighted by atomic mass is 17.2. The van der Waals surface area contributed by atoms with Gasteiger partial charge in [0.2, 0.25) is 12.5 Å². The number of carbonyl (C=O) groups excluding carboxylic acids is 2. The molecule has 0 aromatic rings. The largest absolute Gasteiger partial charge is 0.286 e. The van der Waals surface area contributed by atoms with E-state index in [0.717, 1.165) is 0 Å². The van der Waals surface area contributed by atoms with Crippen molar-refractivity contribution in [2.45, 2.75) is 0 Å². The normalized spacial score (nSPS) is 5.50. The van der Waals surface area contributed by atoms with Gasteiger partial charge in [0.05, 0.1) is 0 Å². The Bertz CT molecular complexity index is 120. The van der Waals surface area contributed by atoms with Crippen molar-refractivity contribution >= 4 is 11.9 Å². The third-order valence-electron chi connectivity index (χ3n) is 0.248. The Morgan fingerprint density at radius 1 is 1.00 bits per heavy atom. The van der Waals surface area contributed by atoms with E-state index in [2.05, 4.69) is 9.78 Å². The first-order valence-electron chi connectivity index (χ1n) is 1.62. The van der Waals surface area contributed by atoms with Crippen LogP contribution >= 0.6 is 0 Å². The van der Waals surface area contributed by atoms with Gasteiger partial charge in [0.15, 0.2) is 11.9 Å². The topological polar surface area (TPSA) is 52.6 Å². The van der Waals surface area contributed by atoms with Crippen molar-refractivity contribution < 1.29 is 19.4 Å². The lowest BCUT2D eigenvalue weighted by molar-refractivity contribution is -0.192. The summed E-state index contributed by atoms with van der Waals surface area (Å²) in [5.74, 6) is 2.51. The SMILES string of the molecule is O=C=COOC=C=O. The highest BCUT2D eigenvalue weighted by Crippen LogP contribution is 1.72. The van der Waals surface area contributed by atoms with Crippen LogP contribution in [0.2, 0.25) is 0 Å². The predicted molar refractivity (Wildman–Crippen MR) is 22.7 cm³/mol. The highest BCUT2D eigenvalue weighted by Gasteiger charge is 1.68. The van der Waals surface area contributed by atoms with Crippen LogP contribution in [-0.2, 0) is 19.4 Å². The molecule has 0 amide bonds. The fourth-order valence-electron chi connectivity index (χ4n) is 0.0948. The van der Waals surface area contributed by atoms with E-state index in [-0.39, 0.29) is 0 Å². The van der Waals surface area contributed by atoms with E-state index in [1.165, 1.54) is 11.9 Å². The van der Waals surface area contributed by atoms with Crippen LogP contribution in [0.25, 0.3) is 0 Å². The molecule has 0 saturated heterocycles. The number of rotatable bonds is 3. The molecule has 0 aliphatic rings. The molecule has 0 bridgehead atoms. The highest BCUT2D eigenvalue weighted by molar-refractivity contribution is 5.43. The minimum Gasteiger partial charge on any atom is -0.286 e. The molecule has 8 heavy (non-hydrogen) atoms. The van der Waals surface area contributed by atoms with Crippen LogP contribution in [0, 0.1) is 0 Å². The molecule has 42 valence electrons. The molecule has 0 spiro atoms. The molecule has 4 nitrogen and oxygen atoms in total. The van der Waals surface area contributed by atoms with Gasteiger partial charge in [0.1, 0.15) is 0 Å². The molecule has 0 N–H and O–H groups in total. The molecule has 0 heterocycles. The van der Waals surface area contributed by atoms with Gasteiger partial charge in [-0.2, -0.15) is 0 Å². The van der Waals surface area contributed by atoms with Crippen LogP contribution in [0.5, 0.6) is 0 Å². The quantitative estimate of drug-likeness (QED) is 0.165. The Labute approximate surface area is 44.9 Å². The second-order valence-corrected chi connectivity index (χ2v) is 0.664. The van der Waals surface area contributed by atoms with Crippen molar-refractivity contribution in [2.24, 2.45) is 0 Å². The van der Waals surface area contributed by atoms with Crippen LogP contribution in [-0.4, -0.2) is 11.9 Å². The molecular formula is C4H2O4. The molecule has 0 radical (unpaired) electrons. The fraction of sp³-hybridized carbons (Fsp3) is 0. The standard InChI is InChI=1S/C4H2O4/c5-1-3-7-8-4-2-6/h3-4H. The molecule has 0 rings (SSSR count). The Kier molecular flexibility index (Phi) is 4.47. The molecule has 0 aromatic heterocycles. The average Bonchev–Trinajstić information content (AvgIpc) is 1.81. The van der Waals surface area contributed by atoms with Crippen molar-refractivity contribution in [1.29, 1.82) is 0 Å². The Morgan fingerprint density at radius 3 is 1.62 bits per heavy atom. The summed E-state index contributed by atoms with van der Waals surface area (Å²) in [6.07, 6.45) is 1.24. The zero-order valence-corrected chi connectivity index (χ0v) is 3.79. The lowest BCUT2D eigenvalue weighted by Gasteiger charge is -1.85. The van der Waals surface area contributed by atoms with Gasteiger partial charge in [-0.15, -0.1) is 0 Å². The lowest BCUT2D eigenvalue weighted by Crippen LogP contribution is -1.75. The van der Waals surface area contributed by atoms with Crippen LogP contribution < -0.4 is 0 Å². The predicted octanol–water partition coefficient (Wildman–Crippen LogP) is -0.375. The van der Waals surface area contributed by atoms with Gasteiger partial charge < -0.3 is 0 Å². The van der Waals surface area contributed by atoms with Gasteiger partial charge in [-0.1, -0.05) is 0 Å². The maximum atomic E-state index is 9.27. The Hall–Kier alpha value is -1.50. The second-order valence-electron chi connectivity index (χ2n) is 0.664. The fourth-order valence-corrected chi connectivity index (χ4v) is 0.0948. The molecule has 0 aliphatic heterocycles. The first kappa shape index (κ1) is 6.50. The zero-order valence-electron chi connectivity index (χ0n) is 3.79. The second kappa shape index (κ2) is 5.50. The van der Waals surface area contributed by atoms with Gasteiger partial charge in [-0.25, -0.2) is 9.59 Å². The third-order valence-corrected chi connectivity index (χ3v) is 0.248. The van der Waals surface area contributed by atoms with E-state index in [0.29, 0.717) is 12.5 Å². The summed E-state index contributed by atoms with van der Waals surface area (Å²) in [5, 5.41) is 0. The Morgan fingerprint density at radius 2 is 1.38 bits per heavy atom. The van der Waals surface area contributed by atoms with Crippen LogP contribution in [0.3, 0.4) is 0 Å². The molecule has 0 aliphatic carbocycles. The Balaban J connectivity index is 3.18. The van der Waals surface area contributed by atoms with Gasteiger partial charge >= 0.3 is 0 Å². The summed E-state index contributed by atoms with van der Waals surface area (Å²) < 4.78 is 0. The van der Waals surface area contributed by atoms with E-state index in [1.54, 1.807) is 0 Å². The molecule has 0 unspecified atom stereocenters. The molecule has 0 saturated carbocycles. The van der Waals surface area contributed by atoms with Crippen LogP contribution in [0.1, 0.15) is 0 Å². The summed E-state index contributed by atoms with van der Waals surface area (Å²) in [6.45, 7) is 0. The van der Waals surface area contributed by atoms with Crippen molar-refractivity contribution in [3.63, 3.8) is 0 Å². The van der Waals surface area contributed by atoms with E-state index < -0.39 is 0 Å². The molecule has 0 aromatic carbocycles. The maximum absolute atomic E-state index is 9.27. The molecule has 0 atom stereocenters. The van der Waals surface area contributed by atoms with E-state index >= 15 is 0 Å². The molecular weight excluding hydrogens is 112 g/mol. The average molecular weight is 114 g/mol. The van der Waals surface area contributed by atoms with E-state index in [1.807, 2.05) is 0 Å². The van der Waals surface area contributed by atoms with Crippen molar-refractivity contribution in [1.82, 2.24) is 0 Å². The molecule has 4 heteroatoms. The third kappa shape index (κ3) is 4.50. The van der Waals surface area contributed by atoms with Gasteiger partial charge in [0, 0.05) is 0 Å². The summed E-state index contributed by atoms with van der Waals surface area (Å²) >= 11 is 0. The maximum Gasteiger partial charge on any atom is 0.225 e. The molecule has 0 fully saturated rings. The first-order chi connectivity index (χ1) is 3.91. The minimum atomic E-state index is 0.619. The van der Waals surface area contributed by atoms with E-state index in [4.69, 9.17) is 0 Å². The zero-order chi connectivity index (χ0) is 6.24. The van der Waals surface area contributed by atoms with Gasteiger partial charge in [-0.05, 0) is 0 Å². The van der Waals surface area contributed by atoms with E-state index in [9.17, 15) is 9.59 Å². The lowest BCUT2D eigenvalue weighted by atomic mass is 11.1. The van der Waals surface area contributed by atoms with Gasteiger partial charge in [0.25, 0.3) is 0 Å². The first-order valence-corrected chi connectivity index (χ1v) is 1.62. The number of hydrogen-bond donors (Lipinski definition) is 0. The monoisotopic (exact) mass is 114 g/mol. The van der Waals surface area contributed by atoms with Crippen molar-refractivity contribution in [3.8, 4) is 0 Å². The van der Waals surface area contributed by atoms with Crippen LogP contribution in [0.15, 0.2) is 12.5 Å². The minimum absolute atomic E-state index is 0.619. The van der Waals surface area contributed by atoms with Crippen molar-refractivity contribution in [2.75, 3.05) is 0 Å². The summed E-state index contributed by atoms with van der Waals surface area (Å²) in [7, 11) is 0. The summed E-state index contributed by atoms with van der Waals surface area (Å²) in [6, 6.07) is 0.